The number of urea groups is 1. The maximum Gasteiger partial charge on any atom is 0.320 e. The minimum Gasteiger partial charge on any atom is -0.504 e. The van der Waals surface area contributed by atoms with Gasteiger partial charge >= 0.3 is 6.03 Å². The third-order valence-electron chi connectivity index (χ3n) is 7.21. The van der Waals surface area contributed by atoms with E-state index in [2.05, 4.69) is 20.8 Å². The Labute approximate surface area is 200 Å². The number of amides is 2. The molecule has 0 radical (unpaired) electrons. The van der Waals surface area contributed by atoms with Crippen LogP contribution in [-0.4, -0.2) is 94.5 Å². The molecule has 2 aromatic rings. The lowest BCUT2D eigenvalue weighted by molar-refractivity contribution is 0.0137. The van der Waals surface area contributed by atoms with Crippen molar-refractivity contribution in [3.05, 3.63) is 30.1 Å². The van der Waals surface area contributed by atoms with Gasteiger partial charge in [0.1, 0.15) is 5.54 Å². The highest BCUT2D eigenvalue weighted by Gasteiger charge is 2.53. The van der Waals surface area contributed by atoms with Crippen LogP contribution in [0.3, 0.4) is 0 Å². The maximum atomic E-state index is 14.7. The van der Waals surface area contributed by atoms with Gasteiger partial charge in [0.05, 0.1) is 17.9 Å². The SMILES string of the molecule is C[C@H]1CNC[C@H](C)N1C(=O)N1CCN2c3cc(-c4cccc(F)c4O)nnc3NC[C@]2(C(F)F)C1. The average Bonchev–Trinajstić information content (AvgIpc) is 2.84. The van der Waals surface area contributed by atoms with Crippen molar-refractivity contribution in [3.8, 4) is 17.0 Å². The molecule has 3 atom stereocenters. The number of nitrogens with zero attached hydrogens (tertiary/aromatic N) is 5. The number of nitrogens with one attached hydrogen (secondary N) is 2. The van der Waals surface area contributed by atoms with E-state index in [-0.39, 0.29) is 55.6 Å². The van der Waals surface area contributed by atoms with Gasteiger partial charge in [-0.1, -0.05) is 6.07 Å². The van der Waals surface area contributed by atoms with Crippen LogP contribution in [0.5, 0.6) is 5.75 Å². The molecule has 2 fully saturated rings. The number of carbonyl (C=O) groups is 1. The molecule has 12 heteroatoms. The van der Waals surface area contributed by atoms with E-state index >= 15 is 0 Å². The minimum atomic E-state index is -2.77. The summed E-state index contributed by atoms with van der Waals surface area (Å²) in [4.78, 5) is 18.3. The fourth-order valence-electron chi connectivity index (χ4n) is 5.35. The molecule has 3 aliphatic heterocycles. The zero-order chi connectivity index (χ0) is 24.9. The normalized spacial score (nSPS) is 26.3. The number of hydrogen-bond acceptors (Lipinski definition) is 7. The van der Waals surface area contributed by atoms with Crippen molar-refractivity contribution in [1.82, 2.24) is 25.3 Å². The predicted octanol–water partition coefficient (Wildman–Crippen LogP) is 2.34. The van der Waals surface area contributed by atoms with E-state index in [0.717, 1.165) is 6.07 Å². The topological polar surface area (TPSA) is 96.9 Å². The first-order valence-electron chi connectivity index (χ1n) is 11.7. The van der Waals surface area contributed by atoms with Crippen LogP contribution in [0.15, 0.2) is 24.3 Å². The number of phenolic OH excluding ortho intramolecular Hbond substituents is 1. The van der Waals surface area contributed by atoms with Crippen LogP contribution in [0.25, 0.3) is 11.3 Å². The smallest absolute Gasteiger partial charge is 0.320 e. The Balaban J connectivity index is 1.48. The number of rotatable bonds is 2. The van der Waals surface area contributed by atoms with Crippen molar-refractivity contribution in [2.75, 3.05) is 49.5 Å². The number of halogens is 3. The molecule has 0 unspecified atom stereocenters. The molecule has 0 saturated carbocycles. The zero-order valence-corrected chi connectivity index (χ0v) is 19.5. The summed E-state index contributed by atoms with van der Waals surface area (Å²) < 4.78 is 43.4. The van der Waals surface area contributed by atoms with E-state index in [1.54, 1.807) is 9.80 Å². The van der Waals surface area contributed by atoms with Crippen molar-refractivity contribution in [3.63, 3.8) is 0 Å². The summed E-state index contributed by atoms with van der Waals surface area (Å²) in [7, 11) is 0. The van der Waals surface area contributed by atoms with Crippen molar-refractivity contribution in [1.29, 1.82) is 0 Å². The molecule has 3 N–H and O–H groups in total. The maximum absolute atomic E-state index is 14.7. The van der Waals surface area contributed by atoms with Gasteiger partial charge in [-0.3, -0.25) is 0 Å². The van der Waals surface area contributed by atoms with Crippen molar-refractivity contribution in [2.24, 2.45) is 0 Å². The highest BCUT2D eigenvalue weighted by atomic mass is 19.3. The minimum absolute atomic E-state index is 0.0474. The van der Waals surface area contributed by atoms with Gasteiger partial charge in [-0.05, 0) is 32.0 Å². The first-order valence-corrected chi connectivity index (χ1v) is 11.7. The van der Waals surface area contributed by atoms with Gasteiger partial charge in [0.2, 0.25) is 0 Å². The standard InChI is InChI=1S/C23H28F3N7O2/c1-13-9-27-10-14(2)33(13)22(35)31-6-7-32-18-8-17(15-4-3-5-16(24)19(15)34)29-30-20(18)28-11-23(32,12-31)21(25)26/h3-5,8,13-14,21,27,34H,6-7,9-12H2,1-2H3,(H,28,30)/t13-,14-,23+/m0/s1. The molecule has 2 amide bonds. The highest BCUT2D eigenvalue weighted by molar-refractivity contribution is 5.79. The van der Waals surface area contributed by atoms with E-state index in [1.807, 2.05) is 13.8 Å². The second kappa shape index (κ2) is 8.74. The van der Waals surface area contributed by atoms with Crippen LogP contribution >= 0.6 is 0 Å². The summed E-state index contributed by atoms with van der Waals surface area (Å²) >= 11 is 0. The molecular weight excluding hydrogens is 463 g/mol. The Bertz CT molecular complexity index is 1130. The fraction of sp³-hybridized carbons (Fsp3) is 0.522. The van der Waals surface area contributed by atoms with E-state index < -0.39 is 23.5 Å². The van der Waals surface area contributed by atoms with Crippen LogP contribution in [0.1, 0.15) is 13.8 Å². The Morgan fingerprint density at radius 2 is 1.94 bits per heavy atom. The number of benzene rings is 1. The van der Waals surface area contributed by atoms with Crippen LogP contribution in [0.4, 0.5) is 29.5 Å². The number of fused-ring (bicyclic) bond motifs is 3. The third-order valence-corrected chi connectivity index (χ3v) is 7.21. The molecular formula is C23H28F3N7O2. The summed E-state index contributed by atoms with van der Waals surface area (Å²) in [5, 5.41) is 24.5. The number of piperazine rings is 2. The number of alkyl halides is 2. The molecule has 35 heavy (non-hydrogen) atoms. The number of aromatic nitrogens is 2. The van der Waals surface area contributed by atoms with Crippen LogP contribution in [0, 0.1) is 5.82 Å². The van der Waals surface area contributed by atoms with Gasteiger partial charge in [0.15, 0.2) is 17.4 Å². The molecule has 0 aliphatic carbocycles. The van der Waals surface area contributed by atoms with Crippen LogP contribution < -0.4 is 15.5 Å². The van der Waals surface area contributed by atoms with E-state index in [1.165, 1.54) is 23.1 Å². The Kier molecular flexibility index (Phi) is 5.86. The van der Waals surface area contributed by atoms with Crippen molar-refractivity contribution in [2.45, 2.75) is 37.9 Å². The molecule has 1 aromatic carbocycles. The Hall–Kier alpha value is -3.28. The average molecular weight is 492 g/mol. The van der Waals surface area contributed by atoms with Gasteiger partial charge < -0.3 is 30.4 Å². The predicted molar refractivity (Wildman–Crippen MR) is 124 cm³/mol. The summed E-state index contributed by atoms with van der Waals surface area (Å²) in [6, 6.07) is 5.22. The Morgan fingerprint density at radius 3 is 2.66 bits per heavy atom. The lowest BCUT2D eigenvalue weighted by Gasteiger charge is -2.54. The summed E-state index contributed by atoms with van der Waals surface area (Å²) in [5.41, 5.74) is -1.02. The Morgan fingerprint density at radius 1 is 1.20 bits per heavy atom. The lowest BCUT2D eigenvalue weighted by atomic mass is 9.90. The van der Waals surface area contributed by atoms with Crippen LogP contribution in [-0.2, 0) is 0 Å². The number of anilines is 2. The lowest BCUT2D eigenvalue weighted by Crippen LogP contribution is -2.73. The first kappa shape index (κ1) is 23.5. The molecule has 5 rings (SSSR count). The van der Waals surface area contributed by atoms with Gasteiger partial charge in [-0.2, -0.15) is 0 Å². The number of carbonyl (C=O) groups excluding carboxylic acids is 1. The third kappa shape index (κ3) is 3.79. The molecule has 9 nitrogen and oxygen atoms in total. The molecule has 0 spiro atoms. The van der Waals surface area contributed by atoms with Crippen molar-refractivity contribution < 1.29 is 23.1 Å². The quantitative estimate of drug-likeness (QED) is 0.594. The summed E-state index contributed by atoms with van der Waals surface area (Å²) in [5.74, 6) is -1.07. The molecule has 1 aromatic heterocycles. The zero-order valence-electron chi connectivity index (χ0n) is 19.5. The highest BCUT2D eigenvalue weighted by Crippen LogP contribution is 2.42. The first-order chi connectivity index (χ1) is 16.7. The molecule has 188 valence electrons. The second-order valence-electron chi connectivity index (χ2n) is 9.48. The van der Waals surface area contributed by atoms with Gasteiger partial charge in [-0.25, -0.2) is 18.0 Å². The van der Waals surface area contributed by atoms with Crippen molar-refractivity contribution >= 4 is 17.5 Å². The van der Waals surface area contributed by atoms with Gasteiger partial charge in [0.25, 0.3) is 6.43 Å². The second-order valence-corrected chi connectivity index (χ2v) is 9.48. The number of aromatic hydroxyl groups is 1. The van der Waals surface area contributed by atoms with Crippen LogP contribution in [0.2, 0.25) is 0 Å². The summed E-state index contributed by atoms with van der Waals surface area (Å²) in [6.45, 7) is 5.34. The van der Waals surface area contributed by atoms with E-state index in [9.17, 15) is 23.1 Å². The molecule has 3 aliphatic rings. The van der Waals surface area contributed by atoms with Gasteiger partial charge in [0, 0.05) is 50.4 Å². The van der Waals surface area contributed by atoms with Gasteiger partial charge in [-0.15, -0.1) is 10.2 Å². The fourth-order valence-corrected chi connectivity index (χ4v) is 5.35. The number of phenols is 1. The molecule has 2 saturated heterocycles. The monoisotopic (exact) mass is 491 g/mol. The number of hydrogen-bond donors (Lipinski definition) is 3. The molecule has 0 bridgehead atoms. The largest absolute Gasteiger partial charge is 0.504 e. The van der Waals surface area contributed by atoms with E-state index in [4.69, 9.17) is 0 Å². The number of para-hydroxylation sites is 1. The summed E-state index contributed by atoms with van der Waals surface area (Å²) in [6.07, 6.45) is -2.77. The van der Waals surface area contributed by atoms with E-state index in [0.29, 0.717) is 24.6 Å². The molecule has 4 heterocycles.